The standard InChI is InChI=1S/C14H22O/c1-5-13(15)8-10-14(4)9-6-7-11(2)12(14)3/h8,10H,5-7,9H2,1-4H3/b10-8+. The molecule has 0 aromatic carbocycles. The van der Waals surface area contributed by atoms with Crippen molar-refractivity contribution in [2.45, 2.75) is 53.4 Å². The minimum absolute atomic E-state index is 0.118. The van der Waals surface area contributed by atoms with E-state index in [-0.39, 0.29) is 11.2 Å². The quantitative estimate of drug-likeness (QED) is 0.503. The van der Waals surface area contributed by atoms with E-state index in [2.05, 4.69) is 26.8 Å². The van der Waals surface area contributed by atoms with E-state index in [1.165, 1.54) is 30.4 Å². The molecule has 1 aliphatic carbocycles. The summed E-state index contributed by atoms with van der Waals surface area (Å²) in [6.45, 7) is 8.56. The van der Waals surface area contributed by atoms with Gasteiger partial charge in [0, 0.05) is 11.8 Å². The highest BCUT2D eigenvalue weighted by atomic mass is 16.1. The minimum Gasteiger partial charge on any atom is -0.295 e. The second-order valence-electron chi connectivity index (χ2n) is 4.83. The first kappa shape index (κ1) is 12.2. The highest BCUT2D eigenvalue weighted by Crippen LogP contribution is 2.41. The summed E-state index contributed by atoms with van der Waals surface area (Å²) in [6, 6.07) is 0. The van der Waals surface area contributed by atoms with Gasteiger partial charge in [-0.3, -0.25) is 4.79 Å². The van der Waals surface area contributed by atoms with Crippen LogP contribution in [0.5, 0.6) is 0 Å². The van der Waals surface area contributed by atoms with E-state index in [0.29, 0.717) is 6.42 Å². The maximum absolute atomic E-state index is 11.3. The predicted octanol–water partition coefficient (Wildman–Crippen LogP) is 4.05. The van der Waals surface area contributed by atoms with Crippen molar-refractivity contribution in [3.8, 4) is 0 Å². The molecule has 84 valence electrons. The summed E-state index contributed by atoms with van der Waals surface area (Å²) in [7, 11) is 0. The monoisotopic (exact) mass is 206 g/mol. The zero-order chi connectivity index (χ0) is 11.5. The summed E-state index contributed by atoms with van der Waals surface area (Å²) in [5.41, 5.74) is 3.07. The van der Waals surface area contributed by atoms with Gasteiger partial charge in [-0.1, -0.05) is 31.1 Å². The molecule has 1 unspecified atom stereocenters. The van der Waals surface area contributed by atoms with Crippen LogP contribution in [0.1, 0.15) is 53.4 Å². The molecule has 1 atom stereocenters. The van der Waals surface area contributed by atoms with Crippen LogP contribution in [0.15, 0.2) is 23.3 Å². The van der Waals surface area contributed by atoms with E-state index < -0.39 is 0 Å². The van der Waals surface area contributed by atoms with Crippen LogP contribution in [-0.4, -0.2) is 5.78 Å². The van der Waals surface area contributed by atoms with Crippen LogP contribution in [-0.2, 0) is 4.79 Å². The van der Waals surface area contributed by atoms with Crippen LogP contribution >= 0.6 is 0 Å². The Kier molecular flexibility index (Phi) is 3.90. The van der Waals surface area contributed by atoms with Gasteiger partial charge in [0.25, 0.3) is 0 Å². The molecule has 15 heavy (non-hydrogen) atoms. The number of hydrogen-bond acceptors (Lipinski definition) is 1. The van der Waals surface area contributed by atoms with Crippen LogP contribution in [0.2, 0.25) is 0 Å². The van der Waals surface area contributed by atoms with Crippen molar-refractivity contribution in [2.24, 2.45) is 5.41 Å². The summed E-state index contributed by atoms with van der Waals surface area (Å²) in [4.78, 5) is 11.3. The van der Waals surface area contributed by atoms with Crippen molar-refractivity contribution >= 4 is 5.78 Å². The van der Waals surface area contributed by atoms with Gasteiger partial charge in [-0.25, -0.2) is 0 Å². The lowest BCUT2D eigenvalue weighted by Gasteiger charge is -2.33. The zero-order valence-electron chi connectivity index (χ0n) is 10.4. The molecule has 1 aliphatic rings. The van der Waals surface area contributed by atoms with Crippen molar-refractivity contribution in [1.29, 1.82) is 0 Å². The van der Waals surface area contributed by atoms with E-state index in [4.69, 9.17) is 0 Å². The van der Waals surface area contributed by atoms with Gasteiger partial charge in [0.1, 0.15) is 0 Å². The molecule has 1 nitrogen and oxygen atoms in total. The molecule has 0 bridgehead atoms. The molecule has 1 rings (SSSR count). The lowest BCUT2D eigenvalue weighted by molar-refractivity contribution is -0.114. The molecule has 1 heteroatoms. The average molecular weight is 206 g/mol. The van der Waals surface area contributed by atoms with E-state index in [1.54, 1.807) is 6.08 Å². The van der Waals surface area contributed by atoms with E-state index >= 15 is 0 Å². The van der Waals surface area contributed by atoms with Crippen LogP contribution in [0.25, 0.3) is 0 Å². The first-order valence-corrected chi connectivity index (χ1v) is 5.88. The largest absolute Gasteiger partial charge is 0.295 e. The van der Waals surface area contributed by atoms with Crippen molar-refractivity contribution < 1.29 is 4.79 Å². The van der Waals surface area contributed by atoms with Crippen molar-refractivity contribution in [3.63, 3.8) is 0 Å². The third kappa shape index (κ3) is 2.80. The maximum Gasteiger partial charge on any atom is 0.155 e. The Morgan fingerprint density at radius 2 is 2.13 bits per heavy atom. The number of rotatable bonds is 3. The van der Waals surface area contributed by atoms with Crippen molar-refractivity contribution in [1.82, 2.24) is 0 Å². The number of allylic oxidation sites excluding steroid dienone is 4. The molecule has 0 fully saturated rings. The summed E-state index contributed by atoms with van der Waals surface area (Å²) in [6.07, 6.45) is 8.11. The highest BCUT2D eigenvalue weighted by molar-refractivity contribution is 5.89. The molecule has 0 aliphatic heterocycles. The first-order chi connectivity index (χ1) is 6.99. The second kappa shape index (κ2) is 4.78. The lowest BCUT2D eigenvalue weighted by atomic mass is 9.72. The SMILES string of the molecule is CCC(=O)/C=C/C1(C)CCCC(C)=C1C. The first-order valence-electron chi connectivity index (χ1n) is 5.88. The summed E-state index contributed by atoms with van der Waals surface area (Å²) in [5.74, 6) is 0.229. The smallest absolute Gasteiger partial charge is 0.155 e. The summed E-state index contributed by atoms with van der Waals surface area (Å²) in [5, 5.41) is 0. The van der Waals surface area contributed by atoms with Gasteiger partial charge in [-0.2, -0.15) is 0 Å². The van der Waals surface area contributed by atoms with Gasteiger partial charge in [0.2, 0.25) is 0 Å². The van der Waals surface area contributed by atoms with Gasteiger partial charge in [-0.15, -0.1) is 0 Å². The third-order valence-electron chi connectivity index (χ3n) is 3.73. The Balaban J connectivity index is 2.87. The Morgan fingerprint density at radius 3 is 2.73 bits per heavy atom. The van der Waals surface area contributed by atoms with E-state index in [0.717, 1.165) is 0 Å². The van der Waals surface area contributed by atoms with Crippen LogP contribution < -0.4 is 0 Å². The minimum atomic E-state index is 0.118. The number of ketones is 1. The number of hydrogen-bond donors (Lipinski definition) is 0. The Morgan fingerprint density at radius 1 is 1.47 bits per heavy atom. The fourth-order valence-electron chi connectivity index (χ4n) is 2.19. The van der Waals surface area contributed by atoms with Crippen molar-refractivity contribution in [3.05, 3.63) is 23.3 Å². The van der Waals surface area contributed by atoms with Crippen LogP contribution in [0, 0.1) is 5.41 Å². The van der Waals surface area contributed by atoms with Crippen molar-refractivity contribution in [2.75, 3.05) is 0 Å². The fraction of sp³-hybridized carbons (Fsp3) is 0.643. The van der Waals surface area contributed by atoms with Gasteiger partial charge >= 0.3 is 0 Å². The van der Waals surface area contributed by atoms with Crippen LogP contribution in [0.4, 0.5) is 0 Å². The lowest BCUT2D eigenvalue weighted by Crippen LogP contribution is -2.20. The molecular formula is C14H22O. The van der Waals surface area contributed by atoms with Gasteiger partial charge < -0.3 is 0 Å². The molecule has 0 radical (unpaired) electrons. The van der Waals surface area contributed by atoms with Gasteiger partial charge in [0.05, 0.1) is 0 Å². The Bertz CT molecular complexity index is 309. The summed E-state index contributed by atoms with van der Waals surface area (Å²) < 4.78 is 0. The van der Waals surface area contributed by atoms with E-state index in [9.17, 15) is 4.79 Å². The fourth-order valence-corrected chi connectivity index (χ4v) is 2.19. The maximum atomic E-state index is 11.3. The number of carbonyl (C=O) groups excluding carboxylic acids is 1. The summed E-state index contributed by atoms with van der Waals surface area (Å²) >= 11 is 0. The number of carbonyl (C=O) groups is 1. The molecule has 0 aromatic rings. The normalized spacial score (nSPS) is 27.5. The van der Waals surface area contributed by atoms with E-state index in [1.807, 2.05) is 6.92 Å². The third-order valence-corrected chi connectivity index (χ3v) is 3.73. The van der Waals surface area contributed by atoms with Crippen LogP contribution in [0.3, 0.4) is 0 Å². The molecule has 0 spiro atoms. The molecule has 0 saturated carbocycles. The zero-order valence-corrected chi connectivity index (χ0v) is 10.4. The average Bonchev–Trinajstić information content (AvgIpc) is 2.23. The molecule has 0 N–H and O–H groups in total. The molecule has 0 aromatic heterocycles. The highest BCUT2D eigenvalue weighted by Gasteiger charge is 2.27. The topological polar surface area (TPSA) is 17.1 Å². The second-order valence-corrected chi connectivity index (χ2v) is 4.83. The molecule has 0 heterocycles. The molecular weight excluding hydrogens is 184 g/mol. The van der Waals surface area contributed by atoms with Gasteiger partial charge in [0.15, 0.2) is 5.78 Å². The Labute approximate surface area is 93.3 Å². The molecule has 0 saturated heterocycles. The predicted molar refractivity (Wildman–Crippen MR) is 64.8 cm³/mol. The Hall–Kier alpha value is -0.850. The molecule has 0 amide bonds. The van der Waals surface area contributed by atoms with Gasteiger partial charge in [-0.05, 0) is 39.2 Å².